The second-order valence-electron chi connectivity index (χ2n) is 5.20. The quantitative estimate of drug-likeness (QED) is 0.731. The molecule has 0 spiro atoms. The lowest BCUT2D eigenvalue weighted by molar-refractivity contribution is 0.405. The Bertz CT molecular complexity index is 571. The zero-order valence-electron chi connectivity index (χ0n) is 13.3. The monoisotopic (exact) mass is 301 g/mol. The Morgan fingerprint density at radius 1 is 1.14 bits per heavy atom. The van der Waals surface area contributed by atoms with Crippen molar-refractivity contribution < 1.29 is 4.74 Å². The first-order valence-corrected chi connectivity index (χ1v) is 7.30. The summed E-state index contributed by atoms with van der Waals surface area (Å²) in [6, 6.07) is 9.55. The number of hydrogen-bond donors (Lipinski definition) is 2. The number of anilines is 3. The summed E-state index contributed by atoms with van der Waals surface area (Å²) in [5.74, 6) is 2.23. The number of nitrogens with one attached hydrogen (secondary N) is 2. The molecule has 1 aromatic carbocycles. The predicted octanol–water partition coefficient (Wildman–Crippen LogP) is 2.59. The molecule has 6 heteroatoms. The third kappa shape index (κ3) is 5.21. The van der Waals surface area contributed by atoms with Crippen LogP contribution in [0, 0.1) is 0 Å². The highest BCUT2D eigenvalue weighted by Crippen LogP contribution is 2.18. The predicted molar refractivity (Wildman–Crippen MR) is 90.0 cm³/mol. The molecule has 0 atom stereocenters. The van der Waals surface area contributed by atoms with Gasteiger partial charge in [-0.25, -0.2) is 4.98 Å². The third-order valence-corrected chi connectivity index (χ3v) is 3.08. The van der Waals surface area contributed by atoms with Crippen LogP contribution in [-0.4, -0.2) is 49.2 Å². The molecular formula is C16H23N5O. The highest BCUT2D eigenvalue weighted by Gasteiger charge is 2.00. The minimum absolute atomic E-state index is 0.636. The topological polar surface area (TPSA) is 62.3 Å². The number of benzene rings is 1. The van der Waals surface area contributed by atoms with Crippen LogP contribution in [0.1, 0.15) is 6.42 Å². The Hall–Kier alpha value is -2.34. The number of rotatable bonds is 8. The summed E-state index contributed by atoms with van der Waals surface area (Å²) >= 11 is 0. The molecule has 2 aromatic rings. The van der Waals surface area contributed by atoms with E-state index >= 15 is 0 Å². The molecule has 0 fully saturated rings. The lowest BCUT2D eigenvalue weighted by Gasteiger charge is -2.11. The van der Waals surface area contributed by atoms with Gasteiger partial charge >= 0.3 is 0 Å². The molecule has 0 saturated carbocycles. The van der Waals surface area contributed by atoms with Gasteiger partial charge in [0.05, 0.1) is 7.11 Å². The molecule has 118 valence electrons. The molecule has 0 saturated heterocycles. The summed E-state index contributed by atoms with van der Waals surface area (Å²) < 4.78 is 5.14. The molecule has 2 N–H and O–H groups in total. The fourth-order valence-electron chi connectivity index (χ4n) is 1.93. The van der Waals surface area contributed by atoms with Crippen LogP contribution in [0.25, 0.3) is 0 Å². The molecule has 0 radical (unpaired) electrons. The first kappa shape index (κ1) is 16.0. The Balaban J connectivity index is 1.90. The molecule has 2 rings (SSSR count). The van der Waals surface area contributed by atoms with E-state index in [9.17, 15) is 0 Å². The van der Waals surface area contributed by atoms with Gasteiger partial charge in [0, 0.05) is 18.4 Å². The number of nitrogens with zero attached hydrogens (tertiary/aromatic N) is 3. The van der Waals surface area contributed by atoms with Crippen LogP contribution in [0.2, 0.25) is 0 Å². The van der Waals surface area contributed by atoms with Gasteiger partial charge in [-0.2, -0.15) is 4.98 Å². The summed E-state index contributed by atoms with van der Waals surface area (Å²) in [7, 11) is 5.78. The Morgan fingerprint density at radius 3 is 2.59 bits per heavy atom. The lowest BCUT2D eigenvalue weighted by atomic mass is 10.3. The maximum Gasteiger partial charge on any atom is 0.224 e. The van der Waals surface area contributed by atoms with E-state index in [1.807, 2.05) is 30.3 Å². The van der Waals surface area contributed by atoms with Crippen LogP contribution >= 0.6 is 0 Å². The molecule has 0 bridgehead atoms. The largest absolute Gasteiger partial charge is 0.497 e. The zero-order chi connectivity index (χ0) is 15.8. The van der Waals surface area contributed by atoms with Gasteiger partial charge in [0.25, 0.3) is 0 Å². The number of methoxy groups -OCH3 is 1. The van der Waals surface area contributed by atoms with E-state index in [1.165, 1.54) is 0 Å². The van der Waals surface area contributed by atoms with Crippen LogP contribution < -0.4 is 15.4 Å². The number of hydrogen-bond acceptors (Lipinski definition) is 6. The smallest absolute Gasteiger partial charge is 0.224 e. The average Bonchev–Trinajstić information content (AvgIpc) is 2.52. The van der Waals surface area contributed by atoms with Crippen molar-refractivity contribution in [2.45, 2.75) is 6.42 Å². The Kier molecular flexibility index (Phi) is 5.97. The summed E-state index contributed by atoms with van der Waals surface area (Å²) in [5, 5.41) is 6.48. The van der Waals surface area contributed by atoms with E-state index in [0.717, 1.165) is 36.8 Å². The van der Waals surface area contributed by atoms with Crippen LogP contribution in [0.4, 0.5) is 17.5 Å². The Morgan fingerprint density at radius 2 is 1.91 bits per heavy atom. The van der Waals surface area contributed by atoms with E-state index in [0.29, 0.717) is 5.95 Å². The van der Waals surface area contributed by atoms with Gasteiger partial charge in [-0.1, -0.05) is 0 Å². The van der Waals surface area contributed by atoms with Crippen molar-refractivity contribution in [2.75, 3.05) is 44.9 Å². The van der Waals surface area contributed by atoms with Gasteiger partial charge in [0.15, 0.2) is 0 Å². The SMILES string of the molecule is COc1ccc(Nc2ccnc(NCCCN(C)C)n2)cc1. The second kappa shape index (κ2) is 8.19. The molecule has 22 heavy (non-hydrogen) atoms. The Labute approximate surface area is 131 Å². The van der Waals surface area contributed by atoms with Crippen LogP contribution in [0.15, 0.2) is 36.5 Å². The van der Waals surface area contributed by atoms with Crippen molar-refractivity contribution in [1.82, 2.24) is 14.9 Å². The highest BCUT2D eigenvalue weighted by atomic mass is 16.5. The van der Waals surface area contributed by atoms with Crippen molar-refractivity contribution >= 4 is 17.5 Å². The lowest BCUT2D eigenvalue weighted by Crippen LogP contribution is -2.17. The minimum atomic E-state index is 0.636. The van der Waals surface area contributed by atoms with E-state index in [4.69, 9.17) is 4.74 Å². The molecular weight excluding hydrogens is 278 g/mol. The van der Waals surface area contributed by atoms with Crippen LogP contribution in [0.3, 0.4) is 0 Å². The molecule has 0 unspecified atom stereocenters. The molecule has 0 aliphatic rings. The van der Waals surface area contributed by atoms with Gasteiger partial charge in [0.2, 0.25) is 5.95 Å². The van der Waals surface area contributed by atoms with Gasteiger partial charge in [-0.05, 0) is 57.4 Å². The van der Waals surface area contributed by atoms with Gasteiger partial charge < -0.3 is 20.3 Å². The van der Waals surface area contributed by atoms with Crippen molar-refractivity contribution in [3.05, 3.63) is 36.5 Å². The fraction of sp³-hybridized carbons (Fsp3) is 0.375. The first-order valence-electron chi connectivity index (χ1n) is 7.30. The molecule has 6 nitrogen and oxygen atoms in total. The maximum atomic E-state index is 5.14. The average molecular weight is 301 g/mol. The van der Waals surface area contributed by atoms with Gasteiger partial charge in [-0.3, -0.25) is 0 Å². The highest BCUT2D eigenvalue weighted by molar-refractivity contribution is 5.57. The summed E-state index contributed by atoms with van der Waals surface area (Å²) in [5.41, 5.74) is 0.957. The van der Waals surface area contributed by atoms with E-state index in [-0.39, 0.29) is 0 Å². The molecule has 0 amide bonds. The number of ether oxygens (including phenoxy) is 1. The normalized spacial score (nSPS) is 10.5. The molecule has 1 heterocycles. The van der Waals surface area contributed by atoms with Crippen molar-refractivity contribution in [1.29, 1.82) is 0 Å². The summed E-state index contributed by atoms with van der Waals surface area (Å²) in [6.07, 6.45) is 2.79. The second-order valence-corrected chi connectivity index (χ2v) is 5.20. The van der Waals surface area contributed by atoms with Crippen molar-refractivity contribution in [3.63, 3.8) is 0 Å². The van der Waals surface area contributed by atoms with Crippen LogP contribution in [-0.2, 0) is 0 Å². The molecule has 1 aromatic heterocycles. The van der Waals surface area contributed by atoms with Gasteiger partial charge in [0.1, 0.15) is 11.6 Å². The summed E-state index contributed by atoms with van der Waals surface area (Å²) in [6.45, 7) is 1.89. The minimum Gasteiger partial charge on any atom is -0.497 e. The maximum absolute atomic E-state index is 5.14. The van der Waals surface area contributed by atoms with Gasteiger partial charge in [-0.15, -0.1) is 0 Å². The van der Waals surface area contributed by atoms with Crippen LogP contribution in [0.5, 0.6) is 5.75 Å². The van der Waals surface area contributed by atoms with Crippen molar-refractivity contribution in [3.8, 4) is 5.75 Å². The van der Waals surface area contributed by atoms with E-state index in [2.05, 4.69) is 39.6 Å². The van der Waals surface area contributed by atoms with E-state index < -0.39 is 0 Å². The zero-order valence-corrected chi connectivity index (χ0v) is 13.3. The standard InChI is InChI=1S/C16H23N5O/c1-21(2)12-4-10-17-16-18-11-9-15(20-16)19-13-5-7-14(22-3)8-6-13/h5-9,11H,4,10,12H2,1-3H3,(H2,17,18,19,20). The first-order chi connectivity index (χ1) is 10.7. The molecule has 0 aliphatic heterocycles. The number of aromatic nitrogens is 2. The van der Waals surface area contributed by atoms with Crippen molar-refractivity contribution in [2.24, 2.45) is 0 Å². The summed E-state index contributed by atoms with van der Waals surface area (Å²) in [4.78, 5) is 10.8. The fourth-order valence-corrected chi connectivity index (χ4v) is 1.93. The van der Waals surface area contributed by atoms with E-state index in [1.54, 1.807) is 13.3 Å². The molecule has 0 aliphatic carbocycles. The third-order valence-electron chi connectivity index (χ3n) is 3.08.